The summed E-state index contributed by atoms with van der Waals surface area (Å²) < 4.78 is 12.9. The van der Waals surface area contributed by atoms with Gasteiger partial charge < -0.3 is 14.6 Å². The Balaban J connectivity index is 1.69. The molecule has 1 N–H and O–H groups in total. The van der Waals surface area contributed by atoms with Crippen LogP contribution in [0.2, 0.25) is 0 Å². The molecule has 2 heterocycles. The van der Waals surface area contributed by atoms with Crippen LogP contribution in [-0.4, -0.2) is 26.9 Å². The van der Waals surface area contributed by atoms with Crippen LogP contribution in [0.25, 0.3) is 5.69 Å². The third kappa shape index (κ3) is 3.65. The number of nitrogens with zero attached hydrogens (tertiary/aromatic N) is 3. The van der Waals surface area contributed by atoms with Crippen LogP contribution in [0.3, 0.4) is 0 Å². The number of carbonyl (C=O) groups excluding carboxylic acids is 1. The Morgan fingerprint density at radius 2 is 2.12 bits per heavy atom. The number of para-hydroxylation sites is 1. The first-order valence-electron chi connectivity index (χ1n) is 7.24. The molecule has 8 heteroatoms. The van der Waals surface area contributed by atoms with E-state index in [1.165, 1.54) is 0 Å². The summed E-state index contributed by atoms with van der Waals surface area (Å²) >= 11 is 3.39. The van der Waals surface area contributed by atoms with E-state index in [4.69, 9.17) is 9.26 Å². The molecule has 0 spiro atoms. The standard InChI is InChI=1S/C16H15BrN4O3/c1-10-8-14(20-24-10)18-15(22)11(2)23-16-13(17)9-21(19-16)12-6-4-3-5-7-12/h3-9,11H,1-2H3,(H,18,20,22)/t11-/m1/s1. The summed E-state index contributed by atoms with van der Waals surface area (Å²) in [5.41, 5.74) is 0.892. The fraction of sp³-hybridized carbons (Fsp3) is 0.188. The molecular weight excluding hydrogens is 376 g/mol. The highest BCUT2D eigenvalue weighted by Gasteiger charge is 2.19. The second-order valence-corrected chi connectivity index (χ2v) is 5.99. The van der Waals surface area contributed by atoms with E-state index < -0.39 is 6.10 Å². The molecular formula is C16H15BrN4O3. The predicted molar refractivity (Wildman–Crippen MR) is 91.2 cm³/mol. The Bertz CT molecular complexity index is 844. The number of halogens is 1. The first kappa shape index (κ1) is 16.3. The molecule has 1 aromatic carbocycles. The number of hydrogen-bond acceptors (Lipinski definition) is 5. The molecule has 0 aliphatic heterocycles. The topological polar surface area (TPSA) is 82.2 Å². The van der Waals surface area contributed by atoms with Gasteiger partial charge in [-0.1, -0.05) is 23.4 Å². The molecule has 124 valence electrons. The van der Waals surface area contributed by atoms with Gasteiger partial charge in [-0.3, -0.25) is 4.79 Å². The van der Waals surface area contributed by atoms with Crippen LogP contribution in [0.15, 0.2) is 51.6 Å². The first-order valence-corrected chi connectivity index (χ1v) is 8.03. The van der Waals surface area contributed by atoms with Crippen molar-refractivity contribution in [2.75, 3.05) is 5.32 Å². The summed E-state index contributed by atoms with van der Waals surface area (Å²) in [4.78, 5) is 12.1. The quantitative estimate of drug-likeness (QED) is 0.722. The minimum Gasteiger partial charge on any atom is -0.463 e. The molecule has 0 radical (unpaired) electrons. The Kier molecular flexibility index (Phi) is 4.66. The van der Waals surface area contributed by atoms with Gasteiger partial charge >= 0.3 is 0 Å². The monoisotopic (exact) mass is 390 g/mol. The minimum atomic E-state index is -0.752. The summed E-state index contributed by atoms with van der Waals surface area (Å²) in [6, 6.07) is 11.2. The molecule has 3 aromatic rings. The number of aryl methyl sites for hydroxylation is 1. The Morgan fingerprint density at radius 1 is 1.38 bits per heavy atom. The number of amides is 1. The molecule has 0 aliphatic rings. The normalized spacial score (nSPS) is 12.0. The Morgan fingerprint density at radius 3 is 2.79 bits per heavy atom. The third-order valence-corrected chi connectivity index (χ3v) is 3.74. The van der Waals surface area contributed by atoms with E-state index in [0.717, 1.165) is 5.69 Å². The summed E-state index contributed by atoms with van der Waals surface area (Å²) in [5.74, 6) is 0.951. The maximum Gasteiger partial charge on any atom is 0.266 e. The smallest absolute Gasteiger partial charge is 0.266 e. The van der Waals surface area contributed by atoms with Gasteiger partial charge in [-0.15, -0.1) is 5.10 Å². The summed E-state index contributed by atoms with van der Waals surface area (Å²) in [5, 5.41) is 10.7. The lowest BCUT2D eigenvalue weighted by Gasteiger charge is -2.11. The van der Waals surface area contributed by atoms with Gasteiger partial charge in [0.05, 0.1) is 10.2 Å². The van der Waals surface area contributed by atoms with Crippen molar-refractivity contribution in [2.24, 2.45) is 0 Å². The van der Waals surface area contributed by atoms with Gasteiger partial charge in [0, 0.05) is 12.3 Å². The lowest BCUT2D eigenvalue weighted by molar-refractivity contribution is -0.122. The molecule has 2 aromatic heterocycles. The molecule has 7 nitrogen and oxygen atoms in total. The van der Waals surface area contributed by atoms with E-state index in [1.807, 2.05) is 30.3 Å². The highest BCUT2D eigenvalue weighted by atomic mass is 79.9. The molecule has 1 amide bonds. The second-order valence-electron chi connectivity index (χ2n) is 5.13. The number of carbonyl (C=O) groups is 1. The second kappa shape index (κ2) is 6.88. The summed E-state index contributed by atoms with van der Waals surface area (Å²) in [6.07, 6.45) is 1.02. The molecule has 0 saturated carbocycles. The van der Waals surface area contributed by atoms with E-state index >= 15 is 0 Å². The van der Waals surface area contributed by atoms with Crippen molar-refractivity contribution in [1.29, 1.82) is 0 Å². The average molecular weight is 391 g/mol. The van der Waals surface area contributed by atoms with Crippen molar-refractivity contribution in [3.63, 3.8) is 0 Å². The van der Waals surface area contributed by atoms with Crippen LogP contribution in [0.1, 0.15) is 12.7 Å². The van der Waals surface area contributed by atoms with E-state index in [9.17, 15) is 4.79 Å². The van der Waals surface area contributed by atoms with Gasteiger partial charge in [0.2, 0.25) is 5.88 Å². The lowest BCUT2D eigenvalue weighted by atomic mass is 10.3. The average Bonchev–Trinajstić information content (AvgIpc) is 3.14. The molecule has 0 fully saturated rings. The highest BCUT2D eigenvalue weighted by molar-refractivity contribution is 9.10. The van der Waals surface area contributed by atoms with Crippen molar-refractivity contribution in [1.82, 2.24) is 14.9 Å². The molecule has 0 bridgehead atoms. The number of ether oxygens (including phenoxy) is 1. The maximum atomic E-state index is 12.1. The number of benzene rings is 1. The van der Waals surface area contributed by atoms with Crippen molar-refractivity contribution in [2.45, 2.75) is 20.0 Å². The Labute approximate surface area is 146 Å². The number of hydrogen-bond donors (Lipinski definition) is 1. The minimum absolute atomic E-state index is 0.331. The lowest BCUT2D eigenvalue weighted by Crippen LogP contribution is -2.30. The zero-order valence-electron chi connectivity index (χ0n) is 13.1. The third-order valence-electron chi connectivity index (χ3n) is 3.20. The van der Waals surface area contributed by atoms with Crippen molar-refractivity contribution >= 4 is 27.7 Å². The predicted octanol–water partition coefficient (Wildman–Crippen LogP) is 3.34. The summed E-state index contributed by atoms with van der Waals surface area (Å²) in [6.45, 7) is 3.38. The molecule has 0 aliphatic carbocycles. The first-order chi connectivity index (χ1) is 11.5. The summed E-state index contributed by atoms with van der Waals surface area (Å²) in [7, 11) is 0. The molecule has 24 heavy (non-hydrogen) atoms. The molecule has 0 saturated heterocycles. The Hall–Kier alpha value is -2.61. The van der Waals surface area contributed by atoms with Gasteiger partial charge in [-0.25, -0.2) is 4.68 Å². The number of aromatic nitrogens is 3. The van der Waals surface area contributed by atoms with Gasteiger partial charge in [-0.2, -0.15) is 0 Å². The van der Waals surface area contributed by atoms with Crippen LogP contribution in [0, 0.1) is 6.92 Å². The van der Waals surface area contributed by atoms with Gasteiger partial charge in [0.15, 0.2) is 11.9 Å². The fourth-order valence-electron chi connectivity index (χ4n) is 2.00. The fourth-order valence-corrected chi connectivity index (χ4v) is 2.37. The molecule has 3 rings (SSSR count). The van der Waals surface area contributed by atoms with Crippen molar-refractivity contribution in [3.05, 3.63) is 52.8 Å². The van der Waals surface area contributed by atoms with Gasteiger partial charge in [0.25, 0.3) is 5.91 Å². The highest BCUT2D eigenvalue weighted by Crippen LogP contribution is 2.25. The van der Waals surface area contributed by atoms with Crippen molar-refractivity contribution < 1.29 is 14.1 Å². The maximum absolute atomic E-state index is 12.1. The van der Waals surface area contributed by atoms with E-state index in [-0.39, 0.29) is 5.91 Å². The molecule has 0 unspecified atom stereocenters. The number of nitrogens with one attached hydrogen (secondary N) is 1. The van der Waals surface area contributed by atoms with Gasteiger partial charge in [0.1, 0.15) is 5.76 Å². The van der Waals surface area contributed by atoms with Crippen LogP contribution in [0.4, 0.5) is 5.82 Å². The largest absolute Gasteiger partial charge is 0.463 e. The van der Waals surface area contributed by atoms with E-state index in [0.29, 0.717) is 21.9 Å². The van der Waals surface area contributed by atoms with Crippen LogP contribution < -0.4 is 10.1 Å². The zero-order valence-corrected chi connectivity index (χ0v) is 14.6. The van der Waals surface area contributed by atoms with Crippen LogP contribution >= 0.6 is 15.9 Å². The number of anilines is 1. The molecule has 1 atom stereocenters. The van der Waals surface area contributed by atoms with E-state index in [1.54, 1.807) is 30.8 Å². The zero-order chi connectivity index (χ0) is 17.1. The van der Waals surface area contributed by atoms with E-state index in [2.05, 4.69) is 31.5 Å². The number of rotatable bonds is 5. The SMILES string of the molecule is Cc1cc(NC(=O)[C@@H](C)Oc2nn(-c3ccccc3)cc2Br)no1. The van der Waals surface area contributed by atoms with Gasteiger partial charge in [-0.05, 0) is 41.9 Å². The van der Waals surface area contributed by atoms with Crippen molar-refractivity contribution in [3.8, 4) is 11.6 Å². The van der Waals surface area contributed by atoms with Crippen LogP contribution in [0.5, 0.6) is 5.88 Å². The van der Waals surface area contributed by atoms with Crippen LogP contribution in [-0.2, 0) is 4.79 Å².